The van der Waals surface area contributed by atoms with Gasteiger partial charge in [-0.2, -0.15) is 0 Å². The maximum Gasteiger partial charge on any atom is 0.128 e. The summed E-state index contributed by atoms with van der Waals surface area (Å²) in [5.41, 5.74) is 0.912. The van der Waals surface area contributed by atoms with E-state index in [0.29, 0.717) is 19.2 Å². The van der Waals surface area contributed by atoms with Crippen molar-refractivity contribution in [2.45, 2.75) is 44.2 Å². The van der Waals surface area contributed by atoms with Crippen LogP contribution in [-0.2, 0) is 0 Å². The Kier molecular flexibility index (Phi) is 5.24. The molecule has 2 aromatic rings. The molecule has 0 unspecified atom stereocenters. The third-order valence-corrected chi connectivity index (χ3v) is 4.28. The van der Waals surface area contributed by atoms with E-state index in [0.717, 1.165) is 16.7 Å². The number of aliphatic hydroxyl groups is 1. The molecule has 4 heteroatoms. The van der Waals surface area contributed by atoms with Gasteiger partial charge in [0.25, 0.3) is 0 Å². The first-order chi connectivity index (χ1) is 10.8. The second-order valence-electron chi connectivity index (χ2n) is 6.03. The van der Waals surface area contributed by atoms with Gasteiger partial charge in [-0.1, -0.05) is 25.3 Å². The molecule has 2 N–H and O–H groups in total. The normalized spacial score (nSPS) is 17.5. The molecule has 1 aromatic carbocycles. The largest absolute Gasteiger partial charge is 0.490 e. The van der Waals surface area contributed by atoms with Crippen LogP contribution in [-0.4, -0.2) is 35.4 Å². The highest BCUT2D eigenvalue weighted by Crippen LogP contribution is 2.23. The molecule has 1 aliphatic rings. The summed E-state index contributed by atoms with van der Waals surface area (Å²) in [5.74, 6) is 0.780. The predicted octanol–water partition coefficient (Wildman–Crippen LogP) is 2.90. The third kappa shape index (κ3) is 3.96. The molecule has 0 saturated heterocycles. The van der Waals surface area contributed by atoms with Crippen LogP contribution in [0.15, 0.2) is 36.5 Å². The van der Waals surface area contributed by atoms with Gasteiger partial charge in [0.15, 0.2) is 0 Å². The zero-order valence-corrected chi connectivity index (χ0v) is 12.9. The van der Waals surface area contributed by atoms with Gasteiger partial charge in [0.05, 0.1) is 5.52 Å². The number of nitrogens with one attached hydrogen (secondary N) is 1. The lowest BCUT2D eigenvalue weighted by atomic mass is 9.95. The summed E-state index contributed by atoms with van der Waals surface area (Å²) in [6, 6.07) is 10.3. The number of benzene rings is 1. The number of ether oxygens (including phenoxy) is 1. The van der Waals surface area contributed by atoms with Crippen molar-refractivity contribution in [2.75, 3.05) is 13.2 Å². The number of nitrogens with zero attached hydrogens (tertiary/aromatic N) is 1. The first-order valence-electron chi connectivity index (χ1n) is 8.21. The molecular weight excluding hydrogens is 276 g/mol. The van der Waals surface area contributed by atoms with Crippen LogP contribution in [0.4, 0.5) is 0 Å². The number of rotatable bonds is 6. The van der Waals surface area contributed by atoms with E-state index in [4.69, 9.17) is 4.74 Å². The zero-order valence-electron chi connectivity index (χ0n) is 12.9. The fourth-order valence-corrected chi connectivity index (χ4v) is 3.06. The lowest BCUT2D eigenvalue weighted by molar-refractivity contribution is 0.102. The van der Waals surface area contributed by atoms with Crippen molar-refractivity contribution >= 4 is 10.9 Å². The van der Waals surface area contributed by atoms with Crippen molar-refractivity contribution in [3.63, 3.8) is 0 Å². The topological polar surface area (TPSA) is 54.4 Å². The molecule has 1 atom stereocenters. The summed E-state index contributed by atoms with van der Waals surface area (Å²) in [7, 11) is 0. The minimum Gasteiger partial charge on any atom is -0.490 e. The smallest absolute Gasteiger partial charge is 0.128 e. The maximum absolute atomic E-state index is 10.1. The summed E-state index contributed by atoms with van der Waals surface area (Å²) >= 11 is 0. The molecule has 0 radical (unpaired) electrons. The van der Waals surface area contributed by atoms with Crippen LogP contribution in [0, 0.1) is 0 Å². The summed E-state index contributed by atoms with van der Waals surface area (Å²) < 4.78 is 5.79. The molecule has 1 saturated carbocycles. The van der Waals surface area contributed by atoms with Gasteiger partial charge in [0.2, 0.25) is 0 Å². The van der Waals surface area contributed by atoms with Crippen LogP contribution in [0.3, 0.4) is 0 Å². The van der Waals surface area contributed by atoms with E-state index >= 15 is 0 Å². The predicted molar refractivity (Wildman–Crippen MR) is 88.1 cm³/mol. The monoisotopic (exact) mass is 300 g/mol. The number of pyridine rings is 1. The van der Waals surface area contributed by atoms with Gasteiger partial charge < -0.3 is 15.2 Å². The Morgan fingerprint density at radius 1 is 1.18 bits per heavy atom. The van der Waals surface area contributed by atoms with Crippen molar-refractivity contribution in [3.8, 4) is 5.75 Å². The molecule has 0 amide bonds. The molecule has 0 spiro atoms. The summed E-state index contributed by atoms with van der Waals surface area (Å²) in [4.78, 5) is 4.31. The van der Waals surface area contributed by atoms with Crippen LogP contribution in [0.25, 0.3) is 10.9 Å². The molecule has 22 heavy (non-hydrogen) atoms. The van der Waals surface area contributed by atoms with E-state index in [1.807, 2.05) is 30.3 Å². The molecule has 0 bridgehead atoms. The molecular formula is C18H24N2O2. The van der Waals surface area contributed by atoms with Crippen LogP contribution < -0.4 is 10.1 Å². The summed E-state index contributed by atoms with van der Waals surface area (Å²) in [6.07, 6.45) is 7.67. The lowest BCUT2D eigenvalue weighted by Crippen LogP contribution is -2.38. The van der Waals surface area contributed by atoms with Crippen LogP contribution in [0.5, 0.6) is 5.75 Å². The van der Waals surface area contributed by atoms with Crippen LogP contribution >= 0.6 is 0 Å². The van der Waals surface area contributed by atoms with E-state index in [1.54, 1.807) is 6.20 Å². The molecule has 1 fully saturated rings. The first-order valence-corrected chi connectivity index (χ1v) is 8.21. The van der Waals surface area contributed by atoms with Gasteiger partial charge in [-0.15, -0.1) is 0 Å². The van der Waals surface area contributed by atoms with Crippen molar-refractivity contribution < 1.29 is 9.84 Å². The van der Waals surface area contributed by atoms with E-state index in [-0.39, 0.29) is 0 Å². The molecule has 1 heterocycles. The van der Waals surface area contributed by atoms with Crippen molar-refractivity contribution in [1.29, 1.82) is 0 Å². The molecule has 4 nitrogen and oxygen atoms in total. The minimum absolute atomic E-state index is 0.299. The minimum atomic E-state index is -0.492. The Balaban J connectivity index is 1.50. The third-order valence-electron chi connectivity index (χ3n) is 4.28. The fourth-order valence-electron chi connectivity index (χ4n) is 3.06. The van der Waals surface area contributed by atoms with Gasteiger partial charge in [0.1, 0.15) is 18.5 Å². The molecule has 1 aliphatic carbocycles. The number of hydrogen-bond acceptors (Lipinski definition) is 4. The van der Waals surface area contributed by atoms with E-state index in [2.05, 4.69) is 10.3 Å². The quantitative estimate of drug-likeness (QED) is 0.861. The molecule has 3 rings (SSSR count). The van der Waals surface area contributed by atoms with E-state index < -0.39 is 6.10 Å². The number of fused-ring (bicyclic) bond motifs is 1. The number of hydrogen-bond donors (Lipinski definition) is 2. The van der Waals surface area contributed by atoms with Gasteiger partial charge in [-0.25, -0.2) is 0 Å². The second kappa shape index (κ2) is 7.56. The fraction of sp³-hybridized carbons (Fsp3) is 0.500. The Morgan fingerprint density at radius 2 is 2.05 bits per heavy atom. The molecule has 1 aromatic heterocycles. The average Bonchev–Trinajstić information content (AvgIpc) is 2.59. The maximum atomic E-state index is 10.1. The highest BCUT2D eigenvalue weighted by molar-refractivity contribution is 5.84. The Labute approximate surface area is 131 Å². The molecule has 0 aliphatic heterocycles. The highest BCUT2D eigenvalue weighted by atomic mass is 16.5. The Bertz CT molecular complexity index is 591. The Hall–Kier alpha value is -1.65. The van der Waals surface area contributed by atoms with E-state index in [1.165, 1.54) is 32.1 Å². The van der Waals surface area contributed by atoms with Gasteiger partial charge in [0, 0.05) is 24.2 Å². The molecule has 118 valence electrons. The van der Waals surface area contributed by atoms with Crippen molar-refractivity contribution in [2.24, 2.45) is 0 Å². The summed E-state index contributed by atoms with van der Waals surface area (Å²) in [5, 5.41) is 14.5. The number of aromatic nitrogens is 1. The summed E-state index contributed by atoms with van der Waals surface area (Å²) in [6.45, 7) is 0.890. The van der Waals surface area contributed by atoms with Crippen LogP contribution in [0.1, 0.15) is 32.1 Å². The van der Waals surface area contributed by atoms with Gasteiger partial charge in [-0.3, -0.25) is 4.98 Å². The zero-order chi connectivity index (χ0) is 15.2. The van der Waals surface area contributed by atoms with Crippen LogP contribution in [0.2, 0.25) is 0 Å². The van der Waals surface area contributed by atoms with E-state index in [9.17, 15) is 5.11 Å². The first kappa shape index (κ1) is 15.3. The van der Waals surface area contributed by atoms with Crippen molar-refractivity contribution in [3.05, 3.63) is 36.5 Å². The Morgan fingerprint density at radius 3 is 2.91 bits per heavy atom. The highest BCUT2D eigenvalue weighted by Gasteiger charge is 2.14. The SMILES string of the molecule is O[C@@H](CNC1CCCCC1)COc1cccc2ncccc12. The van der Waals surface area contributed by atoms with Gasteiger partial charge in [-0.05, 0) is 37.1 Å². The van der Waals surface area contributed by atoms with Gasteiger partial charge >= 0.3 is 0 Å². The standard InChI is InChI=1S/C18H24N2O2/c21-15(12-20-14-6-2-1-3-7-14)13-22-18-10-4-9-17-16(18)8-5-11-19-17/h4-5,8-11,14-15,20-21H,1-3,6-7,12-13H2/t15-/m0/s1. The lowest BCUT2D eigenvalue weighted by Gasteiger charge is -2.24. The van der Waals surface area contributed by atoms with Crippen molar-refractivity contribution in [1.82, 2.24) is 10.3 Å². The average molecular weight is 300 g/mol. The number of aliphatic hydroxyl groups excluding tert-OH is 1. The second-order valence-corrected chi connectivity index (χ2v) is 6.03.